The fourth-order valence-corrected chi connectivity index (χ4v) is 1.68. The van der Waals surface area contributed by atoms with E-state index in [4.69, 9.17) is 16.7 Å². The van der Waals surface area contributed by atoms with Gasteiger partial charge in [-0.1, -0.05) is 30.7 Å². The number of benzene rings is 1. The smallest absolute Gasteiger partial charge is 0.303 e. The van der Waals surface area contributed by atoms with Crippen LogP contribution < -0.4 is 5.32 Å². The minimum absolute atomic E-state index is 0.0400. The van der Waals surface area contributed by atoms with Crippen LogP contribution in [0, 0.1) is 5.92 Å². The third kappa shape index (κ3) is 6.62. The molecule has 2 N–H and O–H groups in total. The third-order valence-electron chi connectivity index (χ3n) is 2.42. The van der Waals surface area contributed by atoms with E-state index in [0.29, 0.717) is 11.6 Å². The second-order valence-corrected chi connectivity index (χ2v) is 4.77. The summed E-state index contributed by atoms with van der Waals surface area (Å²) in [7, 11) is 0. The number of carbonyl (C=O) groups excluding carboxylic acids is 1. The molecule has 0 aliphatic rings. The molecular weight excluding hydrogens is 266 g/mol. The summed E-state index contributed by atoms with van der Waals surface area (Å²) in [5, 5.41) is 11.8. The van der Waals surface area contributed by atoms with Gasteiger partial charge in [0.15, 0.2) is 0 Å². The average Bonchev–Trinajstić information content (AvgIpc) is 2.33. The predicted octanol–water partition coefficient (Wildman–Crippen LogP) is 2.58. The molecule has 1 unspecified atom stereocenters. The van der Waals surface area contributed by atoms with Crippen molar-refractivity contribution in [2.75, 3.05) is 6.54 Å². The quantitative estimate of drug-likeness (QED) is 0.788. The summed E-state index contributed by atoms with van der Waals surface area (Å²) in [5.74, 6) is -1.21. The molecule has 19 heavy (non-hydrogen) atoms. The molecule has 102 valence electrons. The van der Waals surface area contributed by atoms with Crippen molar-refractivity contribution in [2.24, 2.45) is 5.92 Å². The van der Waals surface area contributed by atoms with Gasteiger partial charge in [-0.15, -0.1) is 0 Å². The standard InChI is InChI=1S/C14H16ClNO3/c1-10(7-14(18)19)9-16-13(17)6-5-11-3-2-4-12(15)8-11/h2-6,8,10H,7,9H2,1H3,(H,16,17)(H,18,19)/b6-5+. The monoisotopic (exact) mass is 281 g/mol. The van der Waals surface area contributed by atoms with E-state index >= 15 is 0 Å². The fraction of sp³-hybridized carbons (Fsp3) is 0.286. The lowest BCUT2D eigenvalue weighted by molar-refractivity contribution is -0.138. The molecule has 0 saturated carbocycles. The molecule has 0 bridgehead atoms. The van der Waals surface area contributed by atoms with E-state index in [-0.39, 0.29) is 18.2 Å². The van der Waals surface area contributed by atoms with Gasteiger partial charge in [-0.2, -0.15) is 0 Å². The van der Waals surface area contributed by atoms with Gasteiger partial charge in [0, 0.05) is 24.1 Å². The number of rotatable bonds is 6. The lowest BCUT2D eigenvalue weighted by atomic mass is 10.1. The molecule has 0 heterocycles. The molecule has 1 aromatic carbocycles. The maximum Gasteiger partial charge on any atom is 0.303 e. The van der Waals surface area contributed by atoms with E-state index in [2.05, 4.69) is 5.32 Å². The van der Waals surface area contributed by atoms with Gasteiger partial charge < -0.3 is 10.4 Å². The number of carboxylic acids is 1. The van der Waals surface area contributed by atoms with Gasteiger partial charge in [-0.25, -0.2) is 0 Å². The van der Waals surface area contributed by atoms with Crippen molar-refractivity contribution in [3.63, 3.8) is 0 Å². The number of hydrogen-bond acceptors (Lipinski definition) is 2. The first kappa shape index (κ1) is 15.2. The van der Waals surface area contributed by atoms with Gasteiger partial charge >= 0.3 is 5.97 Å². The molecule has 1 atom stereocenters. The Morgan fingerprint density at radius 2 is 2.21 bits per heavy atom. The van der Waals surface area contributed by atoms with E-state index < -0.39 is 5.97 Å². The van der Waals surface area contributed by atoms with E-state index in [1.54, 1.807) is 31.2 Å². The molecule has 5 heteroatoms. The van der Waals surface area contributed by atoms with Crippen molar-refractivity contribution >= 4 is 29.6 Å². The number of carboxylic acid groups (broad SMARTS) is 1. The number of aliphatic carboxylic acids is 1. The van der Waals surface area contributed by atoms with E-state index in [1.807, 2.05) is 6.07 Å². The zero-order chi connectivity index (χ0) is 14.3. The van der Waals surface area contributed by atoms with E-state index in [1.165, 1.54) is 6.08 Å². The fourth-order valence-electron chi connectivity index (χ4n) is 1.49. The predicted molar refractivity (Wildman–Crippen MR) is 74.9 cm³/mol. The van der Waals surface area contributed by atoms with E-state index in [0.717, 1.165) is 5.56 Å². The van der Waals surface area contributed by atoms with Crippen molar-refractivity contribution in [3.05, 3.63) is 40.9 Å². The van der Waals surface area contributed by atoms with Gasteiger partial charge in [0.05, 0.1) is 0 Å². The zero-order valence-corrected chi connectivity index (χ0v) is 11.4. The van der Waals surface area contributed by atoms with Crippen LogP contribution in [0.15, 0.2) is 30.3 Å². The van der Waals surface area contributed by atoms with Crippen LogP contribution in [-0.4, -0.2) is 23.5 Å². The highest BCUT2D eigenvalue weighted by atomic mass is 35.5. The highest BCUT2D eigenvalue weighted by Gasteiger charge is 2.07. The molecule has 1 amide bonds. The molecule has 1 rings (SSSR count). The Morgan fingerprint density at radius 1 is 1.47 bits per heavy atom. The Kier molecular flexibility index (Phi) is 6.09. The van der Waals surface area contributed by atoms with Gasteiger partial charge in [0.1, 0.15) is 0 Å². The van der Waals surface area contributed by atoms with Crippen LogP contribution in [0.3, 0.4) is 0 Å². The second kappa shape index (κ2) is 7.59. The average molecular weight is 282 g/mol. The van der Waals surface area contributed by atoms with Crippen molar-refractivity contribution in [2.45, 2.75) is 13.3 Å². The van der Waals surface area contributed by atoms with Crippen molar-refractivity contribution in [3.8, 4) is 0 Å². The minimum atomic E-state index is -0.865. The second-order valence-electron chi connectivity index (χ2n) is 4.34. The maximum atomic E-state index is 11.5. The summed E-state index contributed by atoms with van der Waals surface area (Å²) in [5.41, 5.74) is 0.834. The van der Waals surface area contributed by atoms with Gasteiger partial charge in [0.2, 0.25) is 5.91 Å². The zero-order valence-electron chi connectivity index (χ0n) is 10.6. The largest absolute Gasteiger partial charge is 0.481 e. The highest BCUT2D eigenvalue weighted by molar-refractivity contribution is 6.30. The highest BCUT2D eigenvalue weighted by Crippen LogP contribution is 2.11. The number of carbonyl (C=O) groups is 2. The summed E-state index contributed by atoms with van der Waals surface area (Å²) in [4.78, 5) is 22.0. The first-order valence-corrected chi connectivity index (χ1v) is 6.28. The topological polar surface area (TPSA) is 66.4 Å². The summed E-state index contributed by atoms with van der Waals surface area (Å²) in [6.45, 7) is 2.11. The van der Waals surface area contributed by atoms with Crippen LogP contribution >= 0.6 is 11.6 Å². The Bertz CT molecular complexity index is 485. The minimum Gasteiger partial charge on any atom is -0.481 e. The van der Waals surface area contributed by atoms with Crippen LogP contribution in [0.1, 0.15) is 18.9 Å². The number of hydrogen-bond donors (Lipinski definition) is 2. The lowest BCUT2D eigenvalue weighted by Crippen LogP contribution is -2.27. The molecule has 0 saturated heterocycles. The van der Waals surface area contributed by atoms with Gasteiger partial charge in [0.25, 0.3) is 0 Å². The SMILES string of the molecule is CC(CNC(=O)/C=C/c1cccc(Cl)c1)CC(=O)O. The molecule has 0 aromatic heterocycles. The summed E-state index contributed by atoms with van der Waals surface area (Å²) in [6.07, 6.45) is 3.10. The van der Waals surface area contributed by atoms with Crippen LogP contribution in [0.25, 0.3) is 6.08 Å². The number of nitrogens with one attached hydrogen (secondary N) is 1. The van der Waals surface area contributed by atoms with Gasteiger partial charge in [-0.3, -0.25) is 9.59 Å². The Hall–Kier alpha value is -1.81. The van der Waals surface area contributed by atoms with Crippen LogP contribution in [0.4, 0.5) is 0 Å². The Morgan fingerprint density at radius 3 is 2.84 bits per heavy atom. The molecule has 4 nitrogen and oxygen atoms in total. The maximum absolute atomic E-state index is 11.5. The van der Waals surface area contributed by atoms with E-state index in [9.17, 15) is 9.59 Å². The third-order valence-corrected chi connectivity index (χ3v) is 2.66. The number of amides is 1. The van der Waals surface area contributed by atoms with Gasteiger partial charge in [-0.05, 0) is 29.7 Å². The molecule has 0 fully saturated rings. The summed E-state index contributed by atoms with van der Waals surface area (Å²) in [6, 6.07) is 7.14. The van der Waals surface area contributed by atoms with Crippen molar-refractivity contribution in [1.29, 1.82) is 0 Å². The van der Waals surface area contributed by atoms with Crippen molar-refractivity contribution < 1.29 is 14.7 Å². The van der Waals surface area contributed by atoms with Crippen molar-refractivity contribution in [1.82, 2.24) is 5.32 Å². The first-order chi connectivity index (χ1) is 8.97. The summed E-state index contributed by atoms with van der Waals surface area (Å²) < 4.78 is 0. The molecule has 0 aliphatic carbocycles. The molecule has 1 aromatic rings. The lowest BCUT2D eigenvalue weighted by Gasteiger charge is -2.08. The normalized spacial score (nSPS) is 12.3. The van der Waals surface area contributed by atoms with Crippen LogP contribution in [-0.2, 0) is 9.59 Å². The first-order valence-electron chi connectivity index (χ1n) is 5.90. The molecular formula is C14H16ClNO3. The Balaban J connectivity index is 2.41. The molecule has 0 spiro atoms. The molecule has 0 radical (unpaired) electrons. The molecule has 0 aliphatic heterocycles. The van der Waals surface area contributed by atoms with Crippen LogP contribution in [0.2, 0.25) is 5.02 Å². The summed E-state index contributed by atoms with van der Waals surface area (Å²) >= 11 is 5.82. The van der Waals surface area contributed by atoms with Crippen LogP contribution in [0.5, 0.6) is 0 Å². The number of halogens is 1. The Labute approximate surface area is 117 Å².